The van der Waals surface area contributed by atoms with Gasteiger partial charge in [0.05, 0.1) is 6.54 Å². The molecule has 21 heavy (non-hydrogen) atoms. The Balaban J connectivity index is 2.06. The van der Waals surface area contributed by atoms with E-state index in [1.807, 2.05) is 20.8 Å². The van der Waals surface area contributed by atoms with Crippen molar-refractivity contribution in [3.05, 3.63) is 18.5 Å². The summed E-state index contributed by atoms with van der Waals surface area (Å²) in [6.07, 6.45) is 3.29. The third-order valence-electron chi connectivity index (χ3n) is 2.27. The van der Waals surface area contributed by atoms with Gasteiger partial charge in [-0.2, -0.15) is 20.1 Å². The molecule has 2 aromatic heterocycles. The Labute approximate surface area is 122 Å². The molecule has 0 aliphatic rings. The van der Waals surface area contributed by atoms with Gasteiger partial charge in [0.2, 0.25) is 17.8 Å². The van der Waals surface area contributed by atoms with E-state index in [1.54, 1.807) is 18.5 Å². The average molecular weight is 290 g/mol. The van der Waals surface area contributed by atoms with Crippen LogP contribution < -0.4 is 16.4 Å². The summed E-state index contributed by atoms with van der Waals surface area (Å²) in [4.78, 5) is 23.8. The van der Waals surface area contributed by atoms with Gasteiger partial charge in [0, 0.05) is 17.9 Å². The predicted octanol–water partition coefficient (Wildman–Crippen LogP) is -0.0339. The fourth-order valence-electron chi connectivity index (χ4n) is 1.57. The molecule has 9 heteroatoms. The number of anilines is 2. The fourth-order valence-corrected chi connectivity index (χ4v) is 1.57. The lowest BCUT2D eigenvalue weighted by Crippen LogP contribution is -2.43. The largest absolute Gasteiger partial charge is 0.368 e. The molecule has 2 rings (SSSR count). The number of nitrogen functional groups attached to an aromatic ring is 1. The molecule has 0 spiro atoms. The number of aromatic nitrogens is 5. The standard InChI is InChI=1S/C12H18N8O/c1-12(2,3)19-8(21)7-14-10-16-9(13)17-11(18-10)20-6-4-5-15-20/h4-6H,7H2,1-3H3,(H,19,21)(H3,13,14,16,17,18). The summed E-state index contributed by atoms with van der Waals surface area (Å²) in [7, 11) is 0. The van der Waals surface area contributed by atoms with Gasteiger partial charge in [-0.05, 0) is 26.8 Å². The lowest BCUT2D eigenvalue weighted by molar-refractivity contribution is -0.120. The minimum Gasteiger partial charge on any atom is -0.368 e. The van der Waals surface area contributed by atoms with Gasteiger partial charge in [-0.15, -0.1) is 0 Å². The van der Waals surface area contributed by atoms with E-state index in [9.17, 15) is 4.79 Å². The van der Waals surface area contributed by atoms with Gasteiger partial charge in [0.1, 0.15) is 0 Å². The van der Waals surface area contributed by atoms with Gasteiger partial charge in [-0.1, -0.05) is 0 Å². The van der Waals surface area contributed by atoms with Gasteiger partial charge in [-0.25, -0.2) is 4.68 Å². The van der Waals surface area contributed by atoms with Crippen molar-refractivity contribution in [3.63, 3.8) is 0 Å². The quantitative estimate of drug-likeness (QED) is 0.722. The van der Waals surface area contributed by atoms with Gasteiger partial charge in [-0.3, -0.25) is 4.79 Å². The number of nitrogens with zero attached hydrogens (tertiary/aromatic N) is 5. The van der Waals surface area contributed by atoms with Gasteiger partial charge in [0.25, 0.3) is 5.95 Å². The summed E-state index contributed by atoms with van der Waals surface area (Å²) >= 11 is 0. The van der Waals surface area contributed by atoms with Crippen molar-refractivity contribution in [2.24, 2.45) is 0 Å². The third-order valence-corrected chi connectivity index (χ3v) is 2.27. The zero-order valence-electron chi connectivity index (χ0n) is 12.2. The zero-order valence-corrected chi connectivity index (χ0v) is 12.2. The second-order valence-electron chi connectivity index (χ2n) is 5.42. The van der Waals surface area contributed by atoms with Crippen molar-refractivity contribution in [1.82, 2.24) is 30.0 Å². The molecule has 9 nitrogen and oxygen atoms in total. The number of carbonyl (C=O) groups is 1. The molecule has 0 aliphatic carbocycles. The van der Waals surface area contributed by atoms with E-state index >= 15 is 0 Å². The highest BCUT2D eigenvalue weighted by Gasteiger charge is 2.14. The molecule has 0 bridgehead atoms. The summed E-state index contributed by atoms with van der Waals surface area (Å²) in [5.41, 5.74) is 5.34. The molecule has 112 valence electrons. The maximum Gasteiger partial charge on any atom is 0.257 e. The molecular formula is C12H18N8O. The Morgan fingerprint density at radius 1 is 1.33 bits per heavy atom. The first kappa shape index (κ1) is 14.7. The minimum absolute atomic E-state index is 0.0409. The van der Waals surface area contributed by atoms with Crippen LogP contribution in [0, 0.1) is 0 Å². The lowest BCUT2D eigenvalue weighted by atomic mass is 10.1. The van der Waals surface area contributed by atoms with Crippen molar-refractivity contribution >= 4 is 17.8 Å². The highest BCUT2D eigenvalue weighted by molar-refractivity contribution is 5.80. The van der Waals surface area contributed by atoms with E-state index < -0.39 is 0 Å². The Kier molecular flexibility index (Phi) is 4.01. The van der Waals surface area contributed by atoms with Crippen molar-refractivity contribution in [3.8, 4) is 5.95 Å². The van der Waals surface area contributed by atoms with Crippen LogP contribution in [0.4, 0.5) is 11.9 Å². The molecule has 0 radical (unpaired) electrons. The molecule has 0 aliphatic heterocycles. The Morgan fingerprint density at radius 3 is 2.71 bits per heavy atom. The van der Waals surface area contributed by atoms with Crippen LogP contribution in [0.2, 0.25) is 0 Å². The highest BCUT2D eigenvalue weighted by Crippen LogP contribution is 2.06. The van der Waals surface area contributed by atoms with Crippen molar-refractivity contribution in [2.45, 2.75) is 26.3 Å². The molecule has 2 heterocycles. The van der Waals surface area contributed by atoms with E-state index in [-0.39, 0.29) is 35.8 Å². The smallest absolute Gasteiger partial charge is 0.257 e. The molecule has 1 amide bonds. The van der Waals surface area contributed by atoms with Crippen LogP contribution in [0.25, 0.3) is 5.95 Å². The summed E-state index contributed by atoms with van der Waals surface area (Å²) in [6, 6.07) is 1.74. The van der Waals surface area contributed by atoms with Crippen LogP contribution >= 0.6 is 0 Å². The number of rotatable bonds is 4. The molecule has 4 N–H and O–H groups in total. The van der Waals surface area contributed by atoms with E-state index in [1.165, 1.54) is 4.68 Å². The number of amides is 1. The molecule has 0 aromatic carbocycles. The van der Waals surface area contributed by atoms with E-state index in [2.05, 4.69) is 30.7 Å². The second-order valence-corrected chi connectivity index (χ2v) is 5.42. The monoisotopic (exact) mass is 290 g/mol. The Morgan fingerprint density at radius 2 is 2.10 bits per heavy atom. The predicted molar refractivity (Wildman–Crippen MR) is 77.7 cm³/mol. The van der Waals surface area contributed by atoms with Gasteiger partial charge < -0.3 is 16.4 Å². The van der Waals surface area contributed by atoms with Crippen LogP contribution in [0.1, 0.15) is 20.8 Å². The Hall–Kier alpha value is -2.71. The summed E-state index contributed by atoms with van der Waals surface area (Å²) in [5, 5.41) is 9.65. The van der Waals surface area contributed by atoms with Crippen LogP contribution in [0.15, 0.2) is 18.5 Å². The Bertz CT molecular complexity index is 617. The molecule has 2 aromatic rings. The zero-order chi connectivity index (χ0) is 15.5. The molecule has 0 fully saturated rings. The third kappa shape index (κ3) is 4.41. The van der Waals surface area contributed by atoms with Gasteiger partial charge in [0.15, 0.2) is 0 Å². The maximum absolute atomic E-state index is 11.7. The average Bonchev–Trinajstić information content (AvgIpc) is 2.87. The maximum atomic E-state index is 11.7. The number of carbonyl (C=O) groups excluding carboxylic acids is 1. The van der Waals surface area contributed by atoms with Crippen molar-refractivity contribution < 1.29 is 4.79 Å². The SMILES string of the molecule is CC(C)(C)NC(=O)CNc1nc(N)nc(-n2cccn2)n1. The van der Waals surface area contributed by atoms with Crippen molar-refractivity contribution in [2.75, 3.05) is 17.6 Å². The minimum atomic E-state index is -0.295. The summed E-state index contributed by atoms with van der Waals surface area (Å²) in [6.45, 7) is 5.75. The number of hydrogen-bond donors (Lipinski definition) is 3. The first-order chi connectivity index (χ1) is 9.83. The van der Waals surface area contributed by atoms with Crippen LogP contribution in [0.3, 0.4) is 0 Å². The molecule has 0 saturated carbocycles. The van der Waals surface area contributed by atoms with Gasteiger partial charge >= 0.3 is 0 Å². The number of hydrogen-bond acceptors (Lipinski definition) is 7. The van der Waals surface area contributed by atoms with Crippen LogP contribution in [0.5, 0.6) is 0 Å². The number of nitrogens with one attached hydrogen (secondary N) is 2. The molecular weight excluding hydrogens is 272 g/mol. The molecule has 0 saturated heterocycles. The first-order valence-electron chi connectivity index (χ1n) is 6.40. The second kappa shape index (κ2) is 5.73. The summed E-state index contributed by atoms with van der Waals surface area (Å²) in [5.74, 6) is 0.389. The first-order valence-corrected chi connectivity index (χ1v) is 6.40. The van der Waals surface area contributed by atoms with E-state index in [0.29, 0.717) is 0 Å². The normalized spacial score (nSPS) is 11.2. The van der Waals surface area contributed by atoms with Crippen LogP contribution in [-0.4, -0.2) is 42.7 Å². The fraction of sp³-hybridized carbons (Fsp3) is 0.417. The number of nitrogens with two attached hydrogens (primary N) is 1. The van der Waals surface area contributed by atoms with E-state index in [4.69, 9.17) is 5.73 Å². The highest BCUT2D eigenvalue weighted by atomic mass is 16.2. The summed E-state index contributed by atoms with van der Waals surface area (Å²) < 4.78 is 1.46. The van der Waals surface area contributed by atoms with E-state index in [0.717, 1.165) is 0 Å². The van der Waals surface area contributed by atoms with Crippen LogP contribution in [-0.2, 0) is 4.79 Å². The molecule has 0 atom stereocenters. The molecule has 0 unspecified atom stereocenters. The lowest BCUT2D eigenvalue weighted by Gasteiger charge is -2.20. The topological polar surface area (TPSA) is 124 Å². The van der Waals surface area contributed by atoms with Crippen molar-refractivity contribution in [1.29, 1.82) is 0 Å².